The molecule has 0 spiro atoms. The minimum atomic E-state index is -0.546. The SMILES string of the molecule is CC1CCCCN1C(=O)CN1CCN(C(=O)c2cccc(COc3ccccc3C(N)=O)c2)CC1. The lowest BCUT2D eigenvalue weighted by atomic mass is 10.0. The molecule has 0 aromatic heterocycles. The topological polar surface area (TPSA) is 96.2 Å². The van der Waals surface area contributed by atoms with E-state index in [9.17, 15) is 14.4 Å². The lowest BCUT2D eigenvalue weighted by molar-refractivity contribution is -0.136. The van der Waals surface area contributed by atoms with Gasteiger partial charge in [-0.3, -0.25) is 19.3 Å². The quantitative estimate of drug-likeness (QED) is 0.660. The van der Waals surface area contributed by atoms with Gasteiger partial charge in [0.05, 0.1) is 12.1 Å². The maximum Gasteiger partial charge on any atom is 0.253 e. The molecule has 0 saturated carbocycles. The lowest BCUT2D eigenvalue weighted by Gasteiger charge is -2.38. The van der Waals surface area contributed by atoms with E-state index in [0.29, 0.717) is 55.6 Å². The summed E-state index contributed by atoms with van der Waals surface area (Å²) >= 11 is 0. The van der Waals surface area contributed by atoms with Crippen molar-refractivity contribution in [1.82, 2.24) is 14.7 Å². The molecule has 8 heteroatoms. The molecule has 2 N–H and O–H groups in total. The van der Waals surface area contributed by atoms with Gasteiger partial charge in [0.1, 0.15) is 12.4 Å². The van der Waals surface area contributed by atoms with Crippen molar-refractivity contribution in [2.45, 2.75) is 38.8 Å². The number of hydrogen-bond donors (Lipinski definition) is 1. The molecule has 1 atom stereocenters. The summed E-state index contributed by atoms with van der Waals surface area (Å²) in [5.74, 6) is 0.0414. The molecule has 2 aromatic rings. The second-order valence-electron chi connectivity index (χ2n) is 9.35. The van der Waals surface area contributed by atoms with Gasteiger partial charge in [0.25, 0.3) is 11.8 Å². The number of ether oxygens (including phenoxy) is 1. The van der Waals surface area contributed by atoms with Crippen molar-refractivity contribution in [2.24, 2.45) is 5.73 Å². The number of hydrogen-bond acceptors (Lipinski definition) is 5. The molecule has 4 rings (SSSR count). The highest BCUT2D eigenvalue weighted by Gasteiger charge is 2.27. The van der Waals surface area contributed by atoms with Crippen LogP contribution in [0.25, 0.3) is 0 Å². The normalized spacial score (nSPS) is 18.8. The number of likely N-dealkylation sites (tertiary alicyclic amines) is 1. The van der Waals surface area contributed by atoms with E-state index in [-0.39, 0.29) is 18.4 Å². The van der Waals surface area contributed by atoms with E-state index in [1.54, 1.807) is 30.3 Å². The predicted octanol–water partition coefficient (Wildman–Crippen LogP) is 2.52. The van der Waals surface area contributed by atoms with Gasteiger partial charge in [-0.25, -0.2) is 0 Å². The Morgan fingerprint density at radius 2 is 1.74 bits per heavy atom. The maximum atomic E-state index is 13.1. The first-order chi connectivity index (χ1) is 16.9. The zero-order valence-corrected chi connectivity index (χ0v) is 20.3. The number of rotatable bonds is 7. The van der Waals surface area contributed by atoms with E-state index in [1.165, 1.54) is 6.42 Å². The van der Waals surface area contributed by atoms with Crippen molar-refractivity contribution in [3.63, 3.8) is 0 Å². The molecule has 2 saturated heterocycles. The lowest BCUT2D eigenvalue weighted by Crippen LogP contribution is -2.53. The monoisotopic (exact) mass is 478 g/mol. The Hall–Kier alpha value is -3.39. The smallest absolute Gasteiger partial charge is 0.253 e. The molecule has 0 radical (unpaired) electrons. The van der Waals surface area contributed by atoms with E-state index >= 15 is 0 Å². The van der Waals surface area contributed by atoms with Crippen molar-refractivity contribution in [1.29, 1.82) is 0 Å². The Morgan fingerprint density at radius 3 is 2.49 bits per heavy atom. The molecule has 2 aromatic carbocycles. The molecule has 0 bridgehead atoms. The maximum absolute atomic E-state index is 13.1. The first-order valence-corrected chi connectivity index (χ1v) is 12.3. The summed E-state index contributed by atoms with van der Waals surface area (Å²) in [6.45, 7) is 6.18. The van der Waals surface area contributed by atoms with Crippen LogP contribution in [0.3, 0.4) is 0 Å². The summed E-state index contributed by atoms with van der Waals surface area (Å²) in [5.41, 5.74) is 7.17. The standard InChI is InChI=1S/C27H34N4O4/c1-20-7-4-5-12-31(20)25(32)18-29-13-15-30(16-14-29)27(34)22-9-6-8-21(17-22)19-35-24-11-3-2-10-23(24)26(28)33/h2-3,6,8-11,17,20H,4-5,7,12-16,18-19H2,1H3,(H2,28,33). The number of primary amides is 1. The van der Waals surface area contributed by atoms with Gasteiger partial charge in [0.2, 0.25) is 5.91 Å². The van der Waals surface area contributed by atoms with Crippen LogP contribution in [0, 0.1) is 0 Å². The summed E-state index contributed by atoms with van der Waals surface area (Å²) in [6, 6.07) is 14.5. The molecule has 2 fully saturated rings. The first-order valence-electron chi connectivity index (χ1n) is 12.3. The molecule has 3 amide bonds. The third kappa shape index (κ3) is 6.19. The van der Waals surface area contributed by atoms with Gasteiger partial charge >= 0.3 is 0 Å². The predicted molar refractivity (Wildman–Crippen MR) is 133 cm³/mol. The molecule has 2 heterocycles. The molecule has 186 valence electrons. The molecule has 2 aliphatic rings. The number of piperazine rings is 1. The van der Waals surface area contributed by atoms with Gasteiger partial charge in [0.15, 0.2) is 0 Å². The Balaban J connectivity index is 1.30. The summed E-state index contributed by atoms with van der Waals surface area (Å²) in [4.78, 5) is 43.5. The third-order valence-electron chi connectivity index (χ3n) is 6.86. The van der Waals surface area contributed by atoms with E-state index in [1.807, 2.05) is 28.0 Å². The van der Waals surface area contributed by atoms with Crippen LogP contribution in [0.2, 0.25) is 0 Å². The average molecular weight is 479 g/mol. The minimum absolute atomic E-state index is 0.0278. The minimum Gasteiger partial charge on any atom is -0.488 e. The number of piperidine rings is 1. The Kier molecular flexibility index (Phi) is 8.02. The van der Waals surface area contributed by atoms with Gasteiger partial charge < -0.3 is 20.3 Å². The number of para-hydroxylation sites is 1. The Bertz CT molecular complexity index is 1060. The molecule has 8 nitrogen and oxygen atoms in total. The van der Waals surface area contributed by atoms with Crippen LogP contribution in [-0.2, 0) is 11.4 Å². The zero-order valence-electron chi connectivity index (χ0n) is 20.3. The second-order valence-corrected chi connectivity index (χ2v) is 9.35. The van der Waals surface area contributed by atoms with Crippen LogP contribution < -0.4 is 10.5 Å². The highest BCUT2D eigenvalue weighted by molar-refractivity contribution is 5.95. The number of benzene rings is 2. The molecular weight excluding hydrogens is 444 g/mol. The molecule has 2 aliphatic heterocycles. The molecular formula is C27H34N4O4. The van der Waals surface area contributed by atoms with Gasteiger partial charge in [0, 0.05) is 44.3 Å². The van der Waals surface area contributed by atoms with Crippen LogP contribution in [0.5, 0.6) is 5.75 Å². The van der Waals surface area contributed by atoms with E-state index in [0.717, 1.165) is 24.9 Å². The first kappa shape index (κ1) is 24.7. The fraction of sp³-hybridized carbons (Fsp3) is 0.444. The van der Waals surface area contributed by atoms with Crippen molar-refractivity contribution in [3.05, 3.63) is 65.2 Å². The molecule has 1 unspecified atom stereocenters. The van der Waals surface area contributed by atoms with Crippen molar-refractivity contribution in [2.75, 3.05) is 39.3 Å². The summed E-state index contributed by atoms with van der Waals surface area (Å²) in [7, 11) is 0. The van der Waals surface area contributed by atoms with E-state index in [2.05, 4.69) is 11.8 Å². The summed E-state index contributed by atoms with van der Waals surface area (Å²) in [5, 5.41) is 0. The number of carbonyl (C=O) groups is 3. The number of carbonyl (C=O) groups excluding carboxylic acids is 3. The highest BCUT2D eigenvalue weighted by atomic mass is 16.5. The zero-order chi connectivity index (χ0) is 24.8. The van der Waals surface area contributed by atoms with Crippen molar-refractivity contribution in [3.8, 4) is 5.75 Å². The van der Waals surface area contributed by atoms with Crippen LogP contribution in [0.4, 0.5) is 0 Å². The number of nitrogens with zero attached hydrogens (tertiary/aromatic N) is 3. The Labute approximate surface area is 206 Å². The number of amides is 3. The van der Waals surface area contributed by atoms with Crippen molar-refractivity contribution < 1.29 is 19.1 Å². The average Bonchev–Trinajstić information content (AvgIpc) is 2.88. The van der Waals surface area contributed by atoms with Gasteiger partial charge in [-0.05, 0) is 56.0 Å². The van der Waals surface area contributed by atoms with Crippen LogP contribution in [0.1, 0.15) is 52.5 Å². The van der Waals surface area contributed by atoms with Gasteiger partial charge in [-0.2, -0.15) is 0 Å². The van der Waals surface area contributed by atoms with Crippen LogP contribution in [0.15, 0.2) is 48.5 Å². The summed E-state index contributed by atoms with van der Waals surface area (Å²) in [6.07, 6.45) is 3.36. The molecule has 35 heavy (non-hydrogen) atoms. The van der Waals surface area contributed by atoms with E-state index < -0.39 is 5.91 Å². The second kappa shape index (κ2) is 11.4. The van der Waals surface area contributed by atoms with Gasteiger partial charge in [-0.15, -0.1) is 0 Å². The largest absolute Gasteiger partial charge is 0.488 e. The molecule has 0 aliphatic carbocycles. The Morgan fingerprint density at radius 1 is 0.971 bits per heavy atom. The van der Waals surface area contributed by atoms with Crippen LogP contribution >= 0.6 is 0 Å². The third-order valence-corrected chi connectivity index (χ3v) is 6.86. The summed E-state index contributed by atoms with van der Waals surface area (Å²) < 4.78 is 5.80. The fourth-order valence-corrected chi connectivity index (χ4v) is 4.79. The van der Waals surface area contributed by atoms with E-state index in [4.69, 9.17) is 10.5 Å². The van der Waals surface area contributed by atoms with Crippen molar-refractivity contribution >= 4 is 17.7 Å². The fourth-order valence-electron chi connectivity index (χ4n) is 4.79. The highest BCUT2D eigenvalue weighted by Crippen LogP contribution is 2.20. The van der Waals surface area contributed by atoms with Gasteiger partial charge in [-0.1, -0.05) is 24.3 Å². The number of nitrogens with two attached hydrogens (primary N) is 1. The van der Waals surface area contributed by atoms with Crippen LogP contribution in [-0.4, -0.2) is 77.7 Å².